The Labute approximate surface area is 190 Å². The maximum atomic E-state index is 12.4. The fourth-order valence-electron chi connectivity index (χ4n) is 3.84. The number of rotatable bonds is 19. The van der Waals surface area contributed by atoms with Crippen LogP contribution in [0.5, 0.6) is 0 Å². The van der Waals surface area contributed by atoms with Crippen molar-refractivity contribution < 1.29 is 38.2 Å². The summed E-state index contributed by atoms with van der Waals surface area (Å²) < 4.78 is 21.8. The summed E-state index contributed by atoms with van der Waals surface area (Å²) in [6.07, 6.45) is 17.3. The Morgan fingerprint density at radius 2 is 1.13 bits per heavy atom. The van der Waals surface area contributed by atoms with Crippen molar-refractivity contribution in [3.63, 3.8) is 0 Å². The molecule has 0 amide bonds. The molecule has 0 aliphatic carbocycles. The smallest absolute Gasteiger partial charge is 0.0654 e. The van der Waals surface area contributed by atoms with E-state index in [1.54, 1.807) is 6.92 Å². The van der Waals surface area contributed by atoms with Crippen molar-refractivity contribution in [2.24, 2.45) is 0 Å². The van der Waals surface area contributed by atoms with Gasteiger partial charge >= 0.3 is 139 Å². The average Bonchev–Trinajstić information content (AvgIpc) is 3.11. The second-order valence-corrected chi connectivity index (χ2v) is 10.2. The molecule has 0 radical (unpaired) electrons. The molecule has 172 valence electrons. The average molecular weight is 458 g/mol. The van der Waals surface area contributed by atoms with E-state index in [2.05, 4.69) is 13.5 Å². The second kappa shape index (κ2) is 17.1. The van der Waals surface area contributed by atoms with Crippen molar-refractivity contribution in [2.75, 3.05) is 0 Å². The van der Waals surface area contributed by atoms with Gasteiger partial charge in [-0.15, -0.1) is 0 Å². The molecule has 0 aromatic rings. The third-order valence-electron chi connectivity index (χ3n) is 5.74. The molecule has 1 aliphatic heterocycles. The second-order valence-electron chi connectivity index (χ2n) is 8.64. The standard InChI is InChI=1S/C24H42O4.O.Ti/c1-4-5-6-7-8-9-10-11-12-13-14-15-16-17-18-19-21(25)23(27)24(28)22(26)20(2)3;;/h23-24H,2,4-19H2,1,3H3;;/q-2;;+2. The minimum absolute atomic E-state index is 0.178. The van der Waals surface area contributed by atoms with E-state index < -0.39 is 30.8 Å². The number of Topliss-reactive ketones (excluding diaryl/α,β-unsaturated/α-hetero) is 2. The first-order valence-electron chi connectivity index (χ1n) is 12.1. The van der Waals surface area contributed by atoms with Crippen molar-refractivity contribution in [2.45, 2.75) is 129 Å². The quantitative estimate of drug-likeness (QED) is 0.125. The number of hydrogen-bond acceptors (Lipinski definition) is 5. The Morgan fingerprint density at radius 1 is 0.733 bits per heavy atom. The Balaban J connectivity index is 1.99. The number of unbranched alkanes of at least 4 members (excludes halogenated alkanes) is 14. The molecule has 30 heavy (non-hydrogen) atoms. The molecule has 1 aliphatic rings. The van der Waals surface area contributed by atoms with Crippen LogP contribution in [0.2, 0.25) is 0 Å². The molecule has 1 fully saturated rings. The predicted molar refractivity (Wildman–Crippen MR) is 115 cm³/mol. The van der Waals surface area contributed by atoms with E-state index in [1.807, 2.05) is 0 Å². The van der Waals surface area contributed by atoms with Crippen molar-refractivity contribution in [1.82, 2.24) is 0 Å². The Hall–Kier alpha value is -0.486. The zero-order chi connectivity index (χ0) is 22.2. The third kappa shape index (κ3) is 11.8. The normalized spacial score (nSPS) is 18.7. The molecule has 5 nitrogen and oxygen atoms in total. The summed E-state index contributed by atoms with van der Waals surface area (Å²) in [4.78, 5) is 24.4. The van der Waals surface area contributed by atoms with Crippen LogP contribution in [0.25, 0.3) is 0 Å². The van der Waals surface area contributed by atoms with Crippen LogP contribution >= 0.6 is 0 Å². The van der Waals surface area contributed by atoms with Gasteiger partial charge in [-0.25, -0.2) is 0 Å². The van der Waals surface area contributed by atoms with Crippen LogP contribution in [0.3, 0.4) is 0 Å². The molecule has 2 atom stereocenters. The molecular weight excluding hydrogens is 416 g/mol. The predicted octanol–water partition coefficient (Wildman–Crippen LogP) is 6.54. The Kier molecular flexibility index (Phi) is 15.7. The van der Waals surface area contributed by atoms with Crippen LogP contribution in [0.15, 0.2) is 12.2 Å². The SMILES string of the molecule is C=C(C)C(=O)C1[O][Ti](=[O])[O]C1C(=O)CCCCCCCCCCCCCCCCC. The topological polar surface area (TPSA) is 69.7 Å². The van der Waals surface area contributed by atoms with Crippen LogP contribution in [0.1, 0.15) is 117 Å². The van der Waals surface area contributed by atoms with Gasteiger partial charge < -0.3 is 0 Å². The van der Waals surface area contributed by atoms with E-state index in [0.717, 1.165) is 19.3 Å². The molecule has 0 bridgehead atoms. The minimum Gasteiger partial charge on any atom is -0.0654 e. The van der Waals surface area contributed by atoms with Gasteiger partial charge in [0, 0.05) is 0 Å². The summed E-state index contributed by atoms with van der Waals surface area (Å²) in [5.41, 5.74) is 0.293. The summed E-state index contributed by atoms with van der Waals surface area (Å²) >= 11 is -3.40. The summed E-state index contributed by atoms with van der Waals surface area (Å²) in [6.45, 7) is 7.40. The van der Waals surface area contributed by atoms with Crippen molar-refractivity contribution in [3.8, 4) is 0 Å². The van der Waals surface area contributed by atoms with Gasteiger partial charge in [0.25, 0.3) is 0 Å². The number of carbonyl (C=O) groups is 2. The maximum absolute atomic E-state index is 12.4. The van der Waals surface area contributed by atoms with Crippen LogP contribution in [-0.2, 0) is 38.2 Å². The fraction of sp³-hybridized carbons (Fsp3) is 0.833. The number of ketones is 2. The summed E-state index contributed by atoms with van der Waals surface area (Å²) in [6, 6.07) is 0. The van der Waals surface area contributed by atoms with Crippen molar-refractivity contribution in [3.05, 3.63) is 12.2 Å². The molecular formula is C24H42O5Ti. The van der Waals surface area contributed by atoms with E-state index >= 15 is 0 Å². The zero-order valence-electron chi connectivity index (χ0n) is 19.2. The number of carbonyl (C=O) groups excluding carboxylic acids is 2. The first-order chi connectivity index (χ1) is 14.5. The van der Waals surface area contributed by atoms with Gasteiger partial charge in [0.2, 0.25) is 0 Å². The van der Waals surface area contributed by atoms with Gasteiger partial charge in [0.1, 0.15) is 0 Å². The van der Waals surface area contributed by atoms with Crippen LogP contribution in [0.4, 0.5) is 0 Å². The molecule has 0 N–H and O–H groups in total. The number of hydrogen-bond donors (Lipinski definition) is 0. The van der Waals surface area contributed by atoms with Gasteiger partial charge in [-0.2, -0.15) is 0 Å². The molecule has 0 spiro atoms. The van der Waals surface area contributed by atoms with Gasteiger partial charge in [0.05, 0.1) is 0 Å². The third-order valence-corrected chi connectivity index (χ3v) is 7.14. The first kappa shape index (κ1) is 27.5. The van der Waals surface area contributed by atoms with Gasteiger partial charge in [-0.3, -0.25) is 0 Å². The van der Waals surface area contributed by atoms with Crippen LogP contribution in [-0.4, -0.2) is 23.8 Å². The molecule has 0 aromatic heterocycles. The minimum atomic E-state index is -3.40. The van der Waals surface area contributed by atoms with Crippen LogP contribution < -0.4 is 0 Å². The fourth-order valence-corrected chi connectivity index (χ4v) is 5.33. The van der Waals surface area contributed by atoms with E-state index in [9.17, 15) is 12.9 Å². The van der Waals surface area contributed by atoms with E-state index in [1.165, 1.54) is 77.0 Å². The van der Waals surface area contributed by atoms with Crippen molar-refractivity contribution >= 4 is 11.6 Å². The zero-order valence-corrected chi connectivity index (χ0v) is 20.8. The summed E-state index contributed by atoms with van der Waals surface area (Å²) in [7, 11) is 0. The van der Waals surface area contributed by atoms with E-state index in [0.29, 0.717) is 12.0 Å². The molecule has 6 heteroatoms. The molecule has 1 saturated heterocycles. The van der Waals surface area contributed by atoms with Gasteiger partial charge in [-0.05, 0) is 0 Å². The van der Waals surface area contributed by atoms with E-state index in [-0.39, 0.29) is 11.6 Å². The first-order valence-corrected chi connectivity index (χ1v) is 14.0. The Morgan fingerprint density at radius 3 is 1.57 bits per heavy atom. The monoisotopic (exact) mass is 458 g/mol. The Bertz CT molecular complexity index is 546. The molecule has 2 unspecified atom stereocenters. The summed E-state index contributed by atoms with van der Waals surface area (Å²) in [5.74, 6) is -0.564. The molecule has 1 heterocycles. The molecule has 0 saturated carbocycles. The van der Waals surface area contributed by atoms with E-state index in [4.69, 9.17) is 6.64 Å². The van der Waals surface area contributed by atoms with Crippen molar-refractivity contribution in [1.29, 1.82) is 0 Å². The van der Waals surface area contributed by atoms with Crippen LogP contribution in [0, 0.1) is 0 Å². The molecule has 0 aromatic carbocycles. The van der Waals surface area contributed by atoms with Gasteiger partial charge in [-0.1, -0.05) is 51.9 Å². The summed E-state index contributed by atoms with van der Waals surface area (Å²) in [5, 5.41) is 0. The van der Waals surface area contributed by atoms with Gasteiger partial charge in [0.15, 0.2) is 0 Å². The molecule has 1 rings (SSSR count).